The molecule has 2 atom stereocenters. The van der Waals surface area contributed by atoms with Crippen LogP contribution in [0, 0.1) is 36.3 Å². The van der Waals surface area contributed by atoms with E-state index in [9.17, 15) is 9.50 Å². The molecule has 3 aromatic carbocycles. The molecule has 4 aromatic rings. The maximum Gasteiger partial charge on any atom is 0.319 e. The number of nitrogens with one attached hydrogen (secondary N) is 1. The average Bonchev–Trinajstić information content (AvgIpc) is 3.81. The number of piperazine rings is 1. The molecule has 1 saturated carbocycles. The van der Waals surface area contributed by atoms with Crippen LogP contribution in [0.2, 0.25) is 0 Å². The Labute approximate surface area is 273 Å². The Kier molecular flexibility index (Phi) is 7.66. The Bertz CT molecular complexity index is 1900. The quantitative estimate of drug-likeness (QED) is 0.255. The van der Waals surface area contributed by atoms with E-state index >= 15 is 4.39 Å². The summed E-state index contributed by atoms with van der Waals surface area (Å²) in [4.78, 5) is 14.3. The first-order chi connectivity index (χ1) is 22.8. The van der Waals surface area contributed by atoms with Gasteiger partial charge in [0.05, 0.1) is 18.8 Å². The van der Waals surface area contributed by atoms with E-state index in [-0.39, 0.29) is 33.8 Å². The van der Waals surface area contributed by atoms with E-state index < -0.39 is 11.6 Å². The number of terminal acetylenes is 1. The highest BCUT2D eigenvalue weighted by atomic mass is 19.1. The lowest BCUT2D eigenvalue weighted by molar-refractivity contribution is 0.127. The van der Waals surface area contributed by atoms with E-state index in [0.29, 0.717) is 51.8 Å². The van der Waals surface area contributed by atoms with Crippen LogP contribution in [0.15, 0.2) is 30.3 Å². The Morgan fingerprint density at radius 3 is 2.68 bits per heavy atom. The lowest BCUT2D eigenvalue weighted by Crippen LogP contribution is -2.51. The number of aryl methyl sites for hydroxylation is 1. The fourth-order valence-electron chi connectivity index (χ4n) is 7.86. The third kappa shape index (κ3) is 5.64. The zero-order chi connectivity index (χ0) is 32.3. The van der Waals surface area contributed by atoms with Gasteiger partial charge in [-0.3, -0.25) is 0 Å². The highest BCUT2D eigenvalue weighted by Gasteiger charge is 2.45. The maximum atomic E-state index is 17.1. The van der Waals surface area contributed by atoms with Crippen molar-refractivity contribution in [2.75, 3.05) is 57.4 Å². The van der Waals surface area contributed by atoms with Crippen LogP contribution in [0.4, 0.5) is 14.6 Å². The summed E-state index contributed by atoms with van der Waals surface area (Å²) in [6, 6.07) is 8.48. The molecule has 4 fully saturated rings. The number of nitrogens with zero attached hydrogens (tertiary/aromatic N) is 4. The molecule has 3 aliphatic heterocycles. The van der Waals surface area contributed by atoms with Crippen molar-refractivity contribution >= 4 is 27.5 Å². The number of hydrogen-bond acceptors (Lipinski definition) is 8. The van der Waals surface area contributed by atoms with Gasteiger partial charge in [-0.05, 0) is 79.8 Å². The van der Waals surface area contributed by atoms with Crippen molar-refractivity contribution in [2.45, 2.75) is 51.1 Å². The Morgan fingerprint density at radius 1 is 1.11 bits per heavy atom. The van der Waals surface area contributed by atoms with Crippen molar-refractivity contribution in [2.24, 2.45) is 5.41 Å². The van der Waals surface area contributed by atoms with Gasteiger partial charge in [-0.1, -0.05) is 12.0 Å². The molecule has 2 unspecified atom stereocenters. The van der Waals surface area contributed by atoms with Gasteiger partial charge in [0.1, 0.15) is 22.9 Å². The highest BCUT2D eigenvalue weighted by molar-refractivity contribution is 6.05. The summed E-state index contributed by atoms with van der Waals surface area (Å²) in [5.74, 6) is 1.85. The number of benzene rings is 3. The van der Waals surface area contributed by atoms with Gasteiger partial charge in [0.25, 0.3) is 0 Å². The fraction of sp³-hybridized carbons (Fsp3) is 0.459. The minimum Gasteiger partial charge on any atom is -0.508 e. The van der Waals surface area contributed by atoms with Gasteiger partial charge >= 0.3 is 6.01 Å². The number of aromatic hydroxyl groups is 1. The molecule has 8 nitrogen and oxygen atoms in total. The van der Waals surface area contributed by atoms with Crippen LogP contribution < -0.4 is 15.0 Å². The molecular formula is C37H39F2N5O3. The second kappa shape index (κ2) is 11.9. The van der Waals surface area contributed by atoms with Crippen molar-refractivity contribution in [1.82, 2.24) is 20.2 Å². The molecule has 0 amide bonds. The highest BCUT2D eigenvalue weighted by Crippen LogP contribution is 2.47. The van der Waals surface area contributed by atoms with Crippen molar-refractivity contribution < 1.29 is 23.4 Å². The number of anilines is 1. The fourth-order valence-corrected chi connectivity index (χ4v) is 7.86. The largest absolute Gasteiger partial charge is 0.508 e. The third-order valence-corrected chi connectivity index (χ3v) is 10.4. The van der Waals surface area contributed by atoms with Crippen LogP contribution >= 0.6 is 0 Å². The normalized spacial score (nSPS) is 22.4. The van der Waals surface area contributed by atoms with Gasteiger partial charge < -0.3 is 29.7 Å². The molecule has 4 heterocycles. The third-order valence-electron chi connectivity index (χ3n) is 10.4. The van der Waals surface area contributed by atoms with Crippen LogP contribution in [-0.2, 0) is 4.74 Å². The molecule has 4 aliphatic rings. The SMILES string of the molecule is C#Cc1c(F)ccc2cc(O)cc(-c3c(C)cc4c(N5CC6CCC(C5)N6)nc(OCC5(CN6CCCOCC6)CC5)nc4c3F)c12. The van der Waals surface area contributed by atoms with Crippen molar-refractivity contribution in [1.29, 1.82) is 0 Å². The average molecular weight is 640 g/mol. The standard InChI is InChI=1S/C37H39F2N5O3/c1-3-27-30(38)8-5-23-16-26(45)17-28(32(23)27)31-22(2)15-29-34(33(31)39)41-36(42-35(29)44-18-24-6-7-25(19-44)40-24)47-21-37(9-10-37)20-43-11-4-13-46-14-12-43/h1,5,8,15-17,24-25,40,45H,4,6-7,9-14,18-21H2,2H3. The molecule has 2 N–H and O–H groups in total. The minimum atomic E-state index is -0.587. The summed E-state index contributed by atoms with van der Waals surface area (Å²) in [5, 5.41) is 15.8. The monoisotopic (exact) mass is 639 g/mol. The zero-order valence-corrected chi connectivity index (χ0v) is 26.6. The number of ether oxygens (including phenoxy) is 2. The van der Waals surface area contributed by atoms with Gasteiger partial charge in [0.15, 0.2) is 5.82 Å². The van der Waals surface area contributed by atoms with Gasteiger partial charge in [-0.15, -0.1) is 6.42 Å². The van der Waals surface area contributed by atoms with Gasteiger partial charge in [-0.2, -0.15) is 9.97 Å². The van der Waals surface area contributed by atoms with Gasteiger partial charge in [-0.25, -0.2) is 8.78 Å². The van der Waals surface area contributed by atoms with Crippen LogP contribution in [-0.4, -0.2) is 84.6 Å². The summed E-state index contributed by atoms with van der Waals surface area (Å²) in [5.41, 5.74) is 1.28. The molecule has 0 radical (unpaired) electrons. The number of hydrogen-bond donors (Lipinski definition) is 2. The van der Waals surface area contributed by atoms with Gasteiger partial charge in [0, 0.05) is 73.2 Å². The molecule has 2 bridgehead atoms. The van der Waals surface area contributed by atoms with Gasteiger partial charge in [0.2, 0.25) is 0 Å². The summed E-state index contributed by atoms with van der Waals surface area (Å²) >= 11 is 0. The summed E-state index contributed by atoms with van der Waals surface area (Å²) < 4.78 is 44.1. The number of rotatable bonds is 7. The lowest BCUT2D eigenvalue weighted by Gasteiger charge is -2.34. The van der Waals surface area contributed by atoms with E-state index in [1.165, 1.54) is 18.2 Å². The summed E-state index contributed by atoms with van der Waals surface area (Å²) in [6.07, 6.45) is 11.1. The Balaban J connectivity index is 1.23. The maximum absolute atomic E-state index is 17.1. The molecule has 10 heteroatoms. The minimum absolute atomic E-state index is 0.0180. The van der Waals surface area contributed by atoms with E-state index in [0.717, 1.165) is 78.0 Å². The molecule has 244 valence electrons. The molecule has 1 aromatic heterocycles. The molecular weight excluding hydrogens is 600 g/mol. The lowest BCUT2D eigenvalue weighted by atomic mass is 9.90. The number of aromatic nitrogens is 2. The predicted octanol–water partition coefficient (Wildman–Crippen LogP) is 5.55. The Morgan fingerprint density at radius 2 is 1.91 bits per heavy atom. The number of phenols is 1. The second-order valence-corrected chi connectivity index (χ2v) is 13.8. The smallest absolute Gasteiger partial charge is 0.319 e. The predicted molar refractivity (Wildman–Crippen MR) is 178 cm³/mol. The molecule has 3 saturated heterocycles. The van der Waals surface area contributed by atoms with Crippen molar-refractivity contribution in [3.63, 3.8) is 0 Å². The second-order valence-electron chi connectivity index (χ2n) is 13.8. The first-order valence-electron chi connectivity index (χ1n) is 16.7. The Hall–Kier alpha value is -4.04. The van der Waals surface area contributed by atoms with Crippen molar-refractivity contribution in [3.8, 4) is 35.2 Å². The van der Waals surface area contributed by atoms with Crippen LogP contribution in [0.1, 0.15) is 43.2 Å². The van der Waals surface area contributed by atoms with Crippen LogP contribution in [0.3, 0.4) is 0 Å². The molecule has 0 spiro atoms. The summed E-state index contributed by atoms with van der Waals surface area (Å²) in [6.45, 7) is 8.15. The topological polar surface area (TPSA) is 83.0 Å². The first-order valence-corrected chi connectivity index (χ1v) is 16.7. The number of halogens is 2. The van der Waals surface area contributed by atoms with Crippen LogP contribution in [0.25, 0.3) is 32.8 Å². The zero-order valence-electron chi connectivity index (χ0n) is 26.6. The van der Waals surface area contributed by atoms with E-state index in [1.807, 2.05) is 13.0 Å². The number of fused-ring (bicyclic) bond motifs is 4. The van der Waals surface area contributed by atoms with Crippen LogP contribution in [0.5, 0.6) is 11.8 Å². The van der Waals surface area contributed by atoms with E-state index in [1.54, 1.807) is 6.07 Å². The van der Waals surface area contributed by atoms with Crippen molar-refractivity contribution in [3.05, 3.63) is 53.1 Å². The van der Waals surface area contributed by atoms with E-state index in [2.05, 4.69) is 21.0 Å². The number of phenolic OH excluding ortho intramolecular Hbond substituents is 1. The first kappa shape index (κ1) is 30.3. The molecule has 1 aliphatic carbocycles. The summed E-state index contributed by atoms with van der Waals surface area (Å²) in [7, 11) is 0. The van der Waals surface area contributed by atoms with E-state index in [4.69, 9.17) is 25.9 Å². The molecule has 47 heavy (non-hydrogen) atoms. The molecule has 8 rings (SSSR count).